The van der Waals surface area contributed by atoms with Crippen LogP contribution in [0.1, 0.15) is 53.6 Å². The molecule has 4 rings (SSSR count). The zero-order chi connectivity index (χ0) is 22.9. The van der Waals surface area contributed by atoms with Crippen molar-refractivity contribution in [2.45, 2.75) is 43.6 Å². The van der Waals surface area contributed by atoms with Gasteiger partial charge in [0.15, 0.2) is 0 Å². The quantitative estimate of drug-likeness (QED) is 0.421. The predicted molar refractivity (Wildman–Crippen MR) is 122 cm³/mol. The van der Waals surface area contributed by atoms with Gasteiger partial charge in [-0.05, 0) is 61.9 Å². The summed E-state index contributed by atoms with van der Waals surface area (Å²) in [5.41, 5.74) is -0.228. The van der Waals surface area contributed by atoms with E-state index in [2.05, 4.69) is 10.6 Å². The molecule has 0 radical (unpaired) electrons. The summed E-state index contributed by atoms with van der Waals surface area (Å²) in [6.45, 7) is 0. The third-order valence-electron chi connectivity index (χ3n) is 6.18. The third kappa shape index (κ3) is 4.25. The highest BCUT2D eigenvalue weighted by Crippen LogP contribution is 2.49. The average Bonchev–Trinajstić information content (AvgIpc) is 3.53. The van der Waals surface area contributed by atoms with Gasteiger partial charge < -0.3 is 21.1 Å². The lowest BCUT2D eigenvalue weighted by Crippen LogP contribution is -2.31. The number of carboxylic acids is 1. The van der Waals surface area contributed by atoms with Crippen LogP contribution in [-0.2, 0) is 10.2 Å². The Kier molecular flexibility index (Phi) is 6.02. The fraction of sp³-hybridized carbons (Fsp3) is 0.292. The molecule has 0 spiro atoms. The maximum absolute atomic E-state index is 15.1. The number of allylic oxidation sites excluding steroid dienone is 1. The molecule has 0 aromatic heterocycles. The fourth-order valence-corrected chi connectivity index (χ4v) is 4.03. The van der Waals surface area contributed by atoms with Crippen LogP contribution >= 0.6 is 11.6 Å². The van der Waals surface area contributed by atoms with E-state index in [1.54, 1.807) is 24.3 Å². The van der Waals surface area contributed by atoms with Crippen LogP contribution in [0.4, 0.5) is 10.1 Å². The van der Waals surface area contributed by atoms with Crippen molar-refractivity contribution in [3.63, 3.8) is 0 Å². The lowest BCUT2D eigenvalue weighted by molar-refractivity contribution is -0.118. The van der Waals surface area contributed by atoms with Crippen molar-refractivity contribution in [3.05, 3.63) is 70.1 Å². The molecule has 2 aliphatic rings. The first kappa shape index (κ1) is 22.0. The molecule has 1 amide bonds. The first-order valence-corrected chi connectivity index (χ1v) is 10.8. The largest absolute Gasteiger partial charge is 0.478 e. The van der Waals surface area contributed by atoms with Crippen LogP contribution in [0.2, 0.25) is 5.02 Å². The number of carbonyl (C=O) groups is 2. The Bertz CT molecular complexity index is 1110. The molecule has 0 bridgehead atoms. The lowest BCUT2D eigenvalue weighted by Gasteiger charge is -2.26. The van der Waals surface area contributed by atoms with E-state index < -0.39 is 17.2 Å². The van der Waals surface area contributed by atoms with Gasteiger partial charge in [0.2, 0.25) is 5.91 Å². The maximum Gasteiger partial charge on any atom is 0.336 e. The number of rotatable bonds is 8. The standard InChI is InChI=1S/C24H23ClFN3O3/c25-16-6-4-15(5-7-16)24(8-9-24)23(32)29-18-10-19(22(30)31)21(20(26)11-18)14(12-27)13-28-17-2-1-3-17/h4-7,10-13,17,27-28H,1-3,8-9H2,(H,29,32)(H,30,31)/b14-13+,27-12?. The molecule has 2 aliphatic carbocycles. The second kappa shape index (κ2) is 8.74. The summed E-state index contributed by atoms with van der Waals surface area (Å²) in [5.74, 6) is -2.48. The molecule has 8 heteroatoms. The van der Waals surface area contributed by atoms with Gasteiger partial charge in [-0.3, -0.25) is 4.79 Å². The van der Waals surface area contributed by atoms with Crippen LogP contribution in [0.25, 0.3) is 5.57 Å². The number of halogens is 2. The number of amides is 1. The Morgan fingerprint density at radius 3 is 2.41 bits per heavy atom. The molecule has 4 N–H and O–H groups in total. The van der Waals surface area contributed by atoms with E-state index in [0.717, 1.165) is 37.1 Å². The smallest absolute Gasteiger partial charge is 0.336 e. The van der Waals surface area contributed by atoms with E-state index in [1.807, 2.05) is 0 Å². The summed E-state index contributed by atoms with van der Waals surface area (Å²) in [6, 6.07) is 9.58. The minimum absolute atomic E-state index is 0.0603. The van der Waals surface area contributed by atoms with Crippen molar-refractivity contribution in [1.82, 2.24) is 5.32 Å². The van der Waals surface area contributed by atoms with Crippen LogP contribution in [0.5, 0.6) is 0 Å². The second-order valence-electron chi connectivity index (χ2n) is 8.27. The van der Waals surface area contributed by atoms with Gasteiger partial charge in [0.25, 0.3) is 0 Å². The summed E-state index contributed by atoms with van der Waals surface area (Å²) >= 11 is 5.94. The number of hydrogen-bond donors (Lipinski definition) is 4. The first-order valence-electron chi connectivity index (χ1n) is 10.5. The number of anilines is 1. The van der Waals surface area contributed by atoms with E-state index in [4.69, 9.17) is 17.0 Å². The molecule has 0 atom stereocenters. The van der Waals surface area contributed by atoms with E-state index >= 15 is 4.39 Å². The van der Waals surface area contributed by atoms with Gasteiger partial charge in [-0.2, -0.15) is 0 Å². The predicted octanol–water partition coefficient (Wildman–Crippen LogP) is 4.98. The maximum atomic E-state index is 15.1. The Labute approximate surface area is 190 Å². The molecular formula is C24H23ClFN3O3. The molecule has 0 saturated heterocycles. The lowest BCUT2D eigenvalue weighted by atomic mass is 9.93. The zero-order valence-electron chi connectivity index (χ0n) is 17.3. The molecular weight excluding hydrogens is 433 g/mol. The van der Waals surface area contributed by atoms with Gasteiger partial charge in [-0.25, -0.2) is 9.18 Å². The van der Waals surface area contributed by atoms with E-state index in [1.165, 1.54) is 12.3 Å². The summed E-state index contributed by atoms with van der Waals surface area (Å²) in [5, 5.41) is 23.7. The van der Waals surface area contributed by atoms with Gasteiger partial charge in [0, 0.05) is 40.3 Å². The molecule has 166 valence electrons. The first-order chi connectivity index (χ1) is 15.3. The summed E-state index contributed by atoms with van der Waals surface area (Å²) < 4.78 is 15.1. The number of aromatic carboxylic acids is 1. The van der Waals surface area contributed by atoms with Crippen molar-refractivity contribution < 1.29 is 19.1 Å². The minimum atomic E-state index is -1.34. The third-order valence-corrected chi connectivity index (χ3v) is 6.44. The number of benzene rings is 2. The molecule has 0 aliphatic heterocycles. The minimum Gasteiger partial charge on any atom is -0.478 e. The van der Waals surface area contributed by atoms with Crippen molar-refractivity contribution in [2.75, 3.05) is 5.32 Å². The topological polar surface area (TPSA) is 102 Å². The van der Waals surface area contributed by atoms with Crippen molar-refractivity contribution in [1.29, 1.82) is 5.41 Å². The second-order valence-corrected chi connectivity index (χ2v) is 8.70. The summed E-state index contributed by atoms with van der Waals surface area (Å²) in [6.07, 6.45) is 6.76. The molecule has 2 aromatic rings. The van der Waals surface area contributed by atoms with Crippen molar-refractivity contribution >= 4 is 41.0 Å². The summed E-state index contributed by atoms with van der Waals surface area (Å²) in [7, 11) is 0. The van der Waals surface area contributed by atoms with E-state index in [-0.39, 0.29) is 34.3 Å². The normalized spacial score (nSPS) is 17.2. The average molecular weight is 456 g/mol. The Morgan fingerprint density at radius 1 is 1.19 bits per heavy atom. The van der Waals surface area contributed by atoms with E-state index in [0.29, 0.717) is 17.9 Å². The van der Waals surface area contributed by atoms with Gasteiger partial charge >= 0.3 is 5.97 Å². The van der Waals surface area contributed by atoms with E-state index in [9.17, 15) is 14.7 Å². The molecule has 0 unspecified atom stereocenters. The molecule has 6 nitrogen and oxygen atoms in total. The SMILES string of the molecule is N=C/C(=C\NC1CCC1)c1c(F)cc(NC(=O)C2(c3ccc(Cl)cc3)CC2)cc1C(=O)O. The Balaban J connectivity index is 1.61. The molecule has 2 fully saturated rings. The molecule has 2 saturated carbocycles. The zero-order valence-corrected chi connectivity index (χ0v) is 18.0. The number of nitrogens with one attached hydrogen (secondary N) is 3. The van der Waals surface area contributed by atoms with Crippen LogP contribution < -0.4 is 10.6 Å². The van der Waals surface area contributed by atoms with Gasteiger partial charge in [-0.1, -0.05) is 23.7 Å². The number of hydrogen-bond acceptors (Lipinski definition) is 4. The van der Waals surface area contributed by atoms with Gasteiger partial charge in [0.1, 0.15) is 5.82 Å². The van der Waals surface area contributed by atoms with Crippen LogP contribution in [-0.4, -0.2) is 29.2 Å². The molecule has 2 aromatic carbocycles. The highest BCUT2D eigenvalue weighted by Gasteiger charge is 2.51. The van der Waals surface area contributed by atoms with Crippen molar-refractivity contribution in [3.8, 4) is 0 Å². The van der Waals surface area contributed by atoms with Gasteiger partial charge in [-0.15, -0.1) is 0 Å². The monoisotopic (exact) mass is 455 g/mol. The number of carboxylic acid groups (broad SMARTS) is 1. The van der Waals surface area contributed by atoms with Crippen molar-refractivity contribution in [2.24, 2.45) is 0 Å². The molecule has 32 heavy (non-hydrogen) atoms. The fourth-order valence-electron chi connectivity index (χ4n) is 3.90. The van der Waals surface area contributed by atoms with Crippen LogP contribution in [0.3, 0.4) is 0 Å². The van der Waals surface area contributed by atoms with Crippen LogP contribution in [0, 0.1) is 11.2 Å². The molecule has 0 heterocycles. The number of carbonyl (C=O) groups excluding carboxylic acids is 1. The Hall–Kier alpha value is -3.19. The summed E-state index contributed by atoms with van der Waals surface area (Å²) in [4.78, 5) is 24.9. The Morgan fingerprint density at radius 2 is 1.88 bits per heavy atom. The highest BCUT2D eigenvalue weighted by atomic mass is 35.5. The highest BCUT2D eigenvalue weighted by molar-refractivity contribution is 6.30. The van der Waals surface area contributed by atoms with Gasteiger partial charge in [0.05, 0.1) is 11.0 Å². The van der Waals surface area contributed by atoms with Crippen LogP contribution in [0.15, 0.2) is 42.6 Å².